The lowest BCUT2D eigenvalue weighted by Gasteiger charge is -2.09. The van der Waals surface area contributed by atoms with Crippen LogP contribution < -0.4 is 5.32 Å². The van der Waals surface area contributed by atoms with Gasteiger partial charge in [0, 0.05) is 22.3 Å². The predicted octanol–water partition coefficient (Wildman–Crippen LogP) is 4.67. The van der Waals surface area contributed by atoms with Crippen molar-refractivity contribution in [1.29, 1.82) is 5.26 Å². The Morgan fingerprint density at radius 1 is 1.16 bits per heavy atom. The Bertz CT molecular complexity index is 1070. The number of nitrogens with zero attached hydrogens (tertiary/aromatic N) is 3. The molecule has 6 heteroatoms. The van der Waals surface area contributed by atoms with Crippen molar-refractivity contribution < 1.29 is 0 Å². The zero-order valence-electron chi connectivity index (χ0n) is 13.5. The van der Waals surface area contributed by atoms with Crippen LogP contribution in [0.25, 0.3) is 16.9 Å². The highest BCUT2D eigenvalue weighted by Gasteiger charge is 2.18. The van der Waals surface area contributed by atoms with Crippen molar-refractivity contribution in [1.82, 2.24) is 14.6 Å². The minimum atomic E-state index is 0.517. The molecule has 0 aliphatic heterocycles. The molecule has 0 radical (unpaired) electrons. The maximum atomic E-state index is 9.31. The number of aromatic amines is 1. The monoisotopic (exact) mass is 345 g/mol. The number of fused-ring (bicyclic) bond motifs is 1. The van der Waals surface area contributed by atoms with Crippen molar-refractivity contribution in [3.63, 3.8) is 0 Å². The normalized spacial score (nSPS) is 10.7. The summed E-state index contributed by atoms with van der Waals surface area (Å²) in [7, 11) is 0. The number of aromatic nitrogens is 3. The summed E-state index contributed by atoms with van der Waals surface area (Å²) in [4.78, 5) is 5.87. The average Bonchev–Trinajstić information content (AvgIpc) is 3.22. The van der Waals surface area contributed by atoms with E-state index in [1.165, 1.54) is 4.90 Å². The van der Waals surface area contributed by atoms with Gasteiger partial charge in [-0.1, -0.05) is 36.4 Å². The third kappa shape index (κ3) is 2.75. The lowest BCUT2D eigenvalue weighted by Crippen LogP contribution is -1.97. The van der Waals surface area contributed by atoms with Gasteiger partial charge in [-0.25, -0.2) is 9.50 Å². The number of benzene rings is 2. The molecule has 0 atom stereocenters. The van der Waals surface area contributed by atoms with Crippen LogP contribution in [0.4, 0.5) is 11.5 Å². The molecule has 122 valence electrons. The first-order valence-corrected chi connectivity index (χ1v) is 8.99. The van der Waals surface area contributed by atoms with Gasteiger partial charge in [-0.3, -0.25) is 5.10 Å². The Morgan fingerprint density at radius 3 is 2.76 bits per heavy atom. The van der Waals surface area contributed by atoms with Crippen LogP contribution in [-0.2, 0) is 0 Å². The van der Waals surface area contributed by atoms with Crippen molar-refractivity contribution in [3.05, 3.63) is 66.4 Å². The molecule has 2 aromatic heterocycles. The summed E-state index contributed by atoms with van der Waals surface area (Å²) in [6.45, 7) is 0. The van der Waals surface area contributed by atoms with Crippen LogP contribution in [0.15, 0.2) is 65.7 Å². The Kier molecular flexibility index (Phi) is 3.92. The fraction of sp³-hybridized carbons (Fsp3) is 0.0526. The largest absolute Gasteiger partial charge is 0.338 e. The summed E-state index contributed by atoms with van der Waals surface area (Å²) >= 11 is 1.69. The minimum Gasteiger partial charge on any atom is -0.338 e. The molecule has 0 fully saturated rings. The molecule has 4 rings (SSSR count). The van der Waals surface area contributed by atoms with Crippen molar-refractivity contribution in [2.24, 2.45) is 0 Å². The predicted molar refractivity (Wildman–Crippen MR) is 101 cm³/mol. The third-order valence-electron chi connectivity index (χ3n) is 3.96. The summed E-state index contributed by atoms with van der Waals surface area (Å²) in [5.74, 6) is 0.806. The van der Waals surface area contributed by atoms with E-state index in [0.717, 1.165) is 22.8 Å². The molecule has 2 heterocycles. The van der Waals surface area contributed by atoms with Crippen LogP contribution in [0.5, 0.6) is 0 Å². The molecule has 0 spiro atoms. The Labute approximate surface area is 149 Å². The zero-order valence-corrected chi connectivity index (χ0v) is 14.3. The molecule has 5 nitrogen and oxygen atoms in total. The van der Waals surface area contributed by atoms with Gasteiger partial charge in [-0.15, -0.1) is 11.8 Å². The van der Waals surface area contributed by atoms with Gasteiger partial charge in [0.1, 0.15) is 17.3 Å². The van der Waals surface area contributed by atoms with Crippen LogP contribution in [0.2, 0.25) is 0 Å². The standard InChI is InChI=1S/C19H15N5S/c1-25-16-9-5-8-15(10-16)22-19-17(13-6-3-2-4-7-13)23-18-14(11-20)12-21-24(18)19/h2-10,12,21-22H,1H3. The smallest absolute Gasteiger partial charge is 0.173 e. The quantitative estimate of drug-likeness (QED) is 0.528. The van der Waals surface area contributed by atoms with Crippen LogP contribution in [0.3, 0.4) is 0 Å². The average molecular weight is 345 g/mol. The number of nitrogens with one attached hydrogen (secondary N) is 2. The van der Waals surface area contributed by atoms with Crippen molar-refractivity contribution >= 4 is 28.9 Å². The van der Waals surface area contributed by atoms with Crippen LogP contribution in [0, 0.1) is 11.3 Å². The van der Waals surface area contributed by atoms with E-state index in [1.807, 2.05) is 47.0 Å². The van der Waals surface area contributed by atoms with Gasteiger partial charge in [0.15, 0.2) is 11.5 Å². The van der Waals surface area contributed by atoms with Gasteiger partial charge in [0.05, 0.1) is 0 Å². The second-order valence-corrected chi connectivity index (χ2v) is 6.37. The number of anilines is 2. The maximum absolute atomic E-state index is 9.31. The lowest BCUT2D eigenvalue weighted by molar-refractivity contribution is 0.980. The number of hydrogen-bond donors (Lipinski definition) is 2. The van der Waals surface area contributed by atoms with E-state index in [0.29, 0.717) is 11.2 Å². The Balaban J connectivity index is 1.88. The summed E-state index contributed by atoms with van der Waals surface area (Å²) in [6.07, 6.45) is 3.72. The van der Waals surface area contributed by atoms with Gasteiger partial charge in [0.25, 0.3) is 0 Å². The Hall–Kier alpha value is -3.17. The molecule has 0 bridgehead atoms. The van der Waals surface area contributed by atoms with Crippen LogP contribution >= 0.6 is 11.8 Å². The van der Waals surface area contributed by atoms with E-state index in [1.54, 1.807) is 18.0 Å². The van der Waals surface area contributed by atoms with Gasteiger partial charge < -0.3 is 5.32 Å². The summed E-state index contributed by atoms with van der Waals surface area (Å²) < 4.78 is 1.81. The topological polar surface area (TPSA) is 68.9 Å². The van der Waals surface area contributed by atoms with Gasteiger partial charge >= 0.3 is 0 Å². The molecule has 0 aliphatic rings. The highest BCUT2D eigenvalue weighted by Crippen LogP contribution is 2.32. The lowest BCUT2D eigenvalue weighted by atomic mass is 10.1. The second-order valence-electron chi connectivity index (χ2n) is 5.49. The van der Waals surface area contributed by atoms with E-state index in [9.17, 15) is 5.26 Å². The molecule has 2 N–H and O–H groups in total. The molecular weight excluding hydrogens is 330 g/mol. The first kappa shape index (κ1) is 15.4. The second kappa shape index (κ2) is 6.38. The fourth-order valence-corrected chi connectivity index (χ4v) is 3.21. The summed E-state index contributed by atoms with van der Waals surface area (Å²) in [5, 5.41) is 15.9. The number of thioether (sulfide) groups is 1. The SMILES string of the molecule is CSc1cccc(Nc2c(-c3ccccc3)nc3c(C#N)c[nH]n23)c1. The van der Waals surface area contributed by atoms with Gasteiger partial charge in [0.2, 0.25) is 0 Å². The van der Waals surface area contributed by atoms with E-state index < -0.39 is 0 Å². The molecule has 0 saturated carbocycles. The highest BCUT2D eigenvalue weighted by molar-refractivity contribution is 7.98. The molecule has 0 aliphatic carbocycles. The van der Waals surface area contributed by atoms with Crippen molar-refractivity contribution in [2.75, 3.05) is 11.6 Å². The van der Waals surface area contributed by atoms with E-state index in [-0.39, 0.29) is 0 Å². The molecule has 0 saturated heterocycles. The first-order valence-electron chi connectivity index (χ1n) is 7.76. The van der Waals surface area contributed by atoms with Crippen LogP contribution in [-0.4, -0.2) is 20.9 Å². The van der Waals surface area contributed by atoms with Gasteiger partial charge in [-0.05, 0) is 24.5 Å². The van der Waals surface area contributed by atoms with E-state index in [2.05, 4.69) is 34.9 Å². The number of imidazole rings is 1. The van der Waals surface area contributed by atoms with Crippen LogP contribution in [0.1, 0.15) is 5.56 Å². The van der Waals surface area contributed by atoms with Crippen molar-refractivity contribution in [3.8, 4) is 17.3 Å². The highest BCUT2D eigenvalue weighted by atomic mass is 32.2. The molecule has 25 heavy (non-hydrogen) atoms. The molecule has 0 amide bonds. The van der Waals surface area contributed by atoms with E-state index >= 15 is 0 Å². The Morgan fingerprint density at radius 2 is 2.00 bits per heavy atom. The molecule has 2 aromatic carbocycles. The number of rotatable bonds is 4. The fourth-order valence-electron chi connectivity index (χ4n) is 2.75. The first-order chi connectivity index (χ1) is 12.3. The van der Waals surface area contributed by atoms with Gasteiger partial charge in [-0.2, -0.15) is 5.26 Å². The zero-order chi connectivity index (χ0) is 17.2. The summed E-state index contributed by atoms with van der Waals surface area (Å²) in [6, 6.07) is 20.3. The third-order valence-corrected chi connectivity index (χ3v) is 4.68. The molecule has 4 aromatic rings. The minimum absolute atomic E-state index is 0.517. The maximum Gasteiger partial charge on any atom is 0.173 e. The van der Waals surface area contributed by atoms with E-state index in [4.69, 9.17) is 4.98 Å². The number of hydrogen-bond acceptors (Lipinski definition) is 4. The molecule has 0 unspecified atom stereocenters. The number of nitriles is 1. The molecular formula is C19H15N5S. The summed E-state index contributed by atoms with van der Waals surface area (Å²) in [5.41, 5.74) is 3.90. The number of H-pyrrole nitrogens is 1. The van der Waals surface area contributed by atoms with Crippen molar-refractivity contribution in [2.45, 2.75) is 4.90 Å².